The van der Waals surface area contributed by atoms with Crippen molar-refractivity contribution in [2.45, 2.75) is 31.3 Å². The Morgan fingerprint density at radius 1 is 1.30 bits per heavy atom. The summed E-state index contributed by atoms with van der Waals surface area (Å²) in [7, 11) is -3.81. The topological polar surface area (TPSA) is 63.4 Å². The molecule has 9 heteroatoms. The van der Waals surface area contributed by atoms with Gasteiger partial charge >= 0.3 is 6.18 Å². The van der Waals surface area contributed by atoms with Crippen LogP contribution in [0.25, 0.3) is 0 Å². The maximum absolute atomic E-state index is 13.0. The van der Waals surface area contributed by atoms with Crippen LogP contribution in [0, 0.1) is 5.92 Å². The Bertz CT molecular complexity index is 637. The Balaban J connectivity index is 0.00000264. The lowest BCUT2D eigenvalue weighted by Gasteiger charge is -2.22. The molecular formula is C14H20ClF3N2O2S. The van der Waals surface area contributed by atoms with Crippen molar-refractivity contribution in [2.24, 2.45) is 11.7 Å². The van der Waals surface area contributed by atoms with Crippen LogP contribution in [0.2, 0.25) is 0 Å². The average molecular weight is 373 g/mol. The van der Waals surface area contributed by atoms with E-state index < -0.39 is 27.5 Å². The molecule has 1 fully saturated rings. The number of rotatable bonds is 4. The summed E-state index contributed by atoms with van der Waals surface area (Å²) in [6.07, 6.45) is -3.93. The highest BCUT2D eigenvalue weighted by atomic mass is 35.5. The van der Waals surface area contributed by atoms with Crippen LogP contribution in [0.4, 0.5) is 13.2 Å². The van der Waals surface area contributed by atoms with E-state index >= 15 is 0 Å². The number of sulfonamides is 1. The molecule has 0 aliphatic carbocycles. The van der Waals surface area contributed by atoms with Crippen LogP contribution >= 0.6 is 12.4 Å². The first kappa shape index (κ1) is 20.2. The Morgan fingerprint density at radius 2 is 1.91 bits per heavy atom. The number of benzene rings is 1. The average Bonchev–Trinajstić information content (AvgIpc) is 2.80. The van der Waals surface area contributed by atoms with E-state index in [4.69, 9.17) is 5.73 Å². The van der Waals surface area contributed by atoms with Crippen molar-refractivity contribution >= 4 is 22.4 Å². The number of halogens is 4. The zero-order chi connectivity index (χ0) is 16.5. The number of alkyl halides is 3. The van der Waals surface area contributed by atoms with Gasteiger partial charge in [-0.1, -0.05) is 18.2 Å². The van der Waals surface area contributed by atoms with Crippen LogP contribution in [-0.2, 0) is 22.0 Å². The summed E-state index contributed by atoms with van der Waals surface area (Å²) in [6.45, 7) is 2.40. The molecule has 23 heavy (non-hydrogen) atoms. The van der Waals surface area contributed by atoms with Gasteiger partial charge in [0.2, 0.25) is 10.0 Å². The number of hydrogen-bond donors (Lipinski definition) is 1. The summed E-state index contributed by atoms with van der Waals surface area (Å²) < 4.78 is 65.1. The highest BCUT2D eigenvalue weighted by Gasteiger charge is 2.39. The zero-order valence-corrected chi connectivity index (χ0v) is 14.2. The molecule has 0 spiro atoms. The van der Waals surface area contributed by atoms with Gasteiger partial charge in [-0.15, -0.1) is 12.4 Å². The first-order valence-corrected chi connectivity index (χ1v) is 8.60. The van der Waals surface area contributed by atoms with Crippen molar-refractivity contribution in [1.82, 2.24) is 4.31 Å². The number of nitrogens with two attached hydrogens (primary N) is 1. The van der Waals surface area contributed by atoms with E-state index in [1.54, 1.807) is 6.92 Å². The van der Waals surface area contributed by atoms with E-state index in [-0.39, 0.29) is 36.5 Å². The molecule has 1 saturated heterocycles. The van der Waals surface area contributed by atoms with Gasteiger partial charge in [0.15, 0.2) is 0 Å². The highest BCUT2D eigenvalue weighted by Crippen LogP contribution is 2.34. The largest absolute Gasteiger partial charge is 0.416 e. The zero-order valence-electron chi connectivity index (χ0n) is 12.6. The predicted octanol–water partition coefficient (Wildman–Crippen LogP) is 2.63. The standard InChI is InChI=1S/C14H19F3N2O2S.ClH/c1-10-6-11(7-18)8-19(10)22(20,21)9-12-4-2-3-5-13(12)14(15,16)17;/h2-5,10-11H,6-9,18H2,1H3;1H. The number of hydrogen-bond acceptors (Lipinski definition) is 3. The second kappa shape index (κ2) is 7.38. The van der Waals surface area contributed by atoms with Crippen LogP contribution in [0.5, 0.6) is 0 Å². The van der Waals surface area contributed by atoms with Gasteiger partial charge in [-0.3, -0.25) is 0 Å². The Kier molecular flexibility index (Phi) is 6.48. The van der Waals surface area contributed by atoms with Gasteiger partial charge in [0, 0.05) is 12.6 Å². The Hall–Kier alpha value is -0.830. The van der Waals surface area contributed by atoms with Gasteiger partial charge in [0.1, 0.15) is 0 Å². The number of nitrogens with zero attached hydrogens (tertiary/aromatic N) is 1. The minimum absolute atomic E-state index is 0. The van der Waals surface area contributed by atoms with Crippen molar-refractivity contribution in [3.05, 3.63) is 35.4 Å². The van der Waals surface area contributed by atoms with Crippen molar-refractivity contribution in [2.75, 3.05) is 13.1 Å². The van der Waals surface area contributed by atoms with E-state index in [1.165, 1.54) is 22.5 Å². The van der Waals surface area contributed by atoms with Gasteiger partial charge in [-0.2, -0.15) is 17.5 Å². The summed E-state index contributed by atoms with van der Waals surface area (Å²) in [5.41, 5.74) is 4.44. The molecule has 4 nitrogen and oxygen atoms in total. The lowest BCUT2D eigenvalue weighted by atomic mass is 10.1. The molecule has 2 N–H and O–H groups in total. The van der Waals surface area contributed by atoms with Gasteiger partial charge in [-0.05, 0) is 37.4 Å². The summed E-state index contributed by atoms with van der Waals surface area (Å²) in [4.78, 5) is 0. The fourth-order valence-electron chi connectivity index (χ4n) is 2.87. The molecule has 0 radical (unpaired) electrons. The van der Waals surface area contributed by atoms with Crippen LogP contribution in [0.1, 0.15) is 24.5 Å². The van der Waals surface area contributed by atoms with Crippen LogP contribution in [0.3, 0.4) is 0 Å². The molecule has 0 saturated carbocycles. The summed E-state index contributed by atoms with van der Waals surface area (Å²) in [5.74, 6) is -0.591. The Morgan fingerprint density at radius 3 is 2.43 bits per heavy atom. The Labute approximate surface area is 140 Å². The van der Waals surface area contributed by atoms with Gasteiger partial charge in [0.05, 0.1) is 11.3 Å². The molecule has 1 aromatic rings. The van der Waals surface area contributed by atoms with Gasteiger partial charge in [0.25, 0.3) is 0 Å². The van der Waals surface area contributed by atoms with Crippen molar-refractivity contribution in [3.8, 4) is 0 Å². The molecular weight excluding hydrogens is 353 g/mol. The summed E-state index contributed by atoms with van der Waals surface area (Å²) in [6, 6.07) is 4.54. The smallest absolute Gasteiger partial charge is 0.330 e. The lowest BCUT2D eigenvalue weighted by Crippen LogP contribution is -2.35. The van der Waals surface area contributed by atoms with Crippen molar-refractivity contribution in [1.29, 1.82) is 0 Å². The van der Waals surface area contributed by atoms with Crippen LogP contribution < -0.4 is 5.73 Å². The second-order valence-corrected chi connectivity index (χ2v) is 7.59. The van der Waals surface area contributed by atoms with E-state index in [0.29, 0.717) is 13.0 Å². The van der Waals surface area contributed by atoms with Crippen LogP contribution in [-0.4, -0.2) is 31.9 Å². The summed E-state index contributed by atoms with van der Waals surface area (Å²) in [5, 5.41) is 0. The SMILES string of the molecule is CC1CC(CN)CN1S(=O)(=O)Cc1ccccc1C(F)(F)F.Cl. The molecule has 1 aliphatic rings. The third-order valence-corrected chi connectivity index (χ3v) is 5.85. The van der Waals surface area contributed by atoms with E-state index in [9.17, 15) is 21.6 Å². The molecule has 1 heterocycles. The third kappa shape index (κ3) is 4.59. The van der Waals surface area contributed by atoms with Crippen molar-refractivity contribution < 1.29 is 21.6 Å². The fraction of sp³-hybridized carbons (Fsp3) is 0.571. The maximum Gasteiger partial charge on any atom is 0.416 e. The minimum atomic E-state index is -4.57. The highest BCUT2D eigenvalue weighted by molar-refractivity contribution is 7.88. The van der Waals surface area contributed by atoms with Gasteiger partial charge < -0.3 is 5.73 Å². The monoisotopic (exact) mass is 372 g/mol. The lowest BCUT2D eigenvalue weighted by molar-refractivity contribution is -0.138. The fourth-order valence-corrected chi connectivity index (χ4v) is 4.75. The molecule has 132 valence electrons. The van der Waals surface area contributed by atoms with Gasteiger partial charge in [-0.25, -0.2) is 8.42 Å². The molecule has 1 aliphatic heterocycles. The van der Waals surface area contributed by atoms with E-state index in [1.807, 2.05) is 0 Å². The first-order valence-electron chi connectivity index (χ1n) is 7.00. The maximum atomic E-state index is 13.0. The molecule has 0 bridgehead atoms. The predicted molar refractivity (Wildman–Crippen MR) is 84.6 cm³/mol. The quantitative estimate of drug-likeness (QED) is 0.883. The van der Waals surface area contributed by atoms with E-state index in [2.05, 4.69) is 0 Å². The molecule has 2 atom stereocenters. The molecule has 2 unspecified atom stereocenters. The molecule has 1 aromatic carbocycles. The van der Waals surface area contributed by atoms with E-state index in [0.717, 1.165) is 6.07 Å². The summed E-state index contributed by atoms with van der Waals surface area (Å²) >= 11 is 0. The van der Waals surface area contributed by atoms with Crippen molar-refractivity contribution in [3.63, 3.8) is 0 Å². The molecule has 0 amide bonds. The van der Waals surface area contributed by atoms with Crippen LogP contribution in [0.15, 0.2) is 24.3 Å². The minimum Gasteiger partial charge on any atom is -0.330 e. The first-order chi connectivity index (χ1) is 10.1. The normalized spacial score (nSPS) is 22.8. The molecule has 0 aromatic heterocycles. The second-order valence-electron chi connectivity index (χ2n) is 5.67. The molecule has 2 rings (SSSR count). The third-order valence-electron chi connectivity index (χ3n) is 3.96.